The fraction of sp³-hybridized carbons (Fsp3) is 0.900. The van der Waals surface area contributed by atoms with E-state index in [9.17, 15) is 4.79 Å². The molecule has 1 unspecified atom stereocenters. The number of carbonyl (C=O) groups excluding carboxylic acids is 1. The zero-order valence-electron chi connectivity index (χ0n) is 8.42. The van der Waals surface area contributed by atoms with E-state index in [0.29, 0.717) is 5.92 Å². The van der Waals surface area contributed by atoms with Gasteiger partial charge in [0.2, 0.25) is 0 Å². The summed E-state index contributed by atoms with van der Waals surface area (Å²) in [7, 11) is 0. The topological polar surface area (TPSA) is 20.3 Å². The van der Waals surface area contributed by atoms with Gasteiger partial charge < -0.3 is 4.90 Å². The highest BCUT2D eigenvalue weighted by atomic mass is 35.5. The second-order valence-corrected chi connectivity index (χ2v) is 4.66. The standard InChI is InChI=1S/C10H18ClNO/c1-8(2)6-9-4-3-5-12(7-9)10(11)13/h8-9H,3-7H2,1-2H3. The van der Waals surface area contributed by atoms with Crippen LogP contribution in [0.15, 0.2) is 0 Å². The van der Waals surface area contributed by atoms with E-state index in [-0.39, 0.29) is 5.37 Å². The molecule has 13 heavy (non-hydrogen) atoms. The summed E-state index contributed by atoms with van der Waals surface area (Å²) in [6.07, 6.45) is 3.56. The van der Waals surface area contributed by atoms with Crippen molar-refractivity contribution in [2.45, 2.75) is 33.1 Å². The Morgan fingerprint density at radius 1 is 1.62 bits per heavy atom. The predicted molar refractivity (Wildman–Crippen MR) is 55.0 cm³/mol. The van der Waals surface area contributed by atoms with Crippen LogP contribution >= 0.6 is 11.6 Å². The van der Waals surface area contributed by atoms with Gasteiger partial charge >= 0.3 is 5.37 Å². The van der Waals surface area contributed by atoms with E-state index in [2.05, 4.69) is 13.8 Å². The number of halogens is 1. The number of carbonyl (C=O) groups is 1. The van der Waals surface area contributed by atoms with Crippen LogP contribution in [0.4, 0.5) is 4.79 Å². The van der Waals surface area contributed by atoms with Crippen LogP contribution in [0.3, 0.4) is 0 Å². The maximum Gasteiger partial charge on any atom is 0.316 e. The van der Waals surface area contributed by atoms with Gasteiger partial charge in [0.25, 0.3) is 0 Å². The van der Waals surface area contributed by atoms with Gasteiger partial charge in [-0.05, 0) is 42.7 Å². The number of nitrogens with zero attached hydrogens (tertiary/aromatic N) is 1. The van der Waals surface area contributed by atoms with Gasteiger partial charge in [0, 0.05) is 13.1 Å². The summed E-state index contributed by atoms with van der Waals surface area (Å²) < 4.78 is 0. The highest BCUT2D eigenvalue weighted by Gasteiger charge is 2.22. The minimum Gasteiger partial charge on any atom is -0.329 e. The smallest absolute Gasteiger partial charge is 0.316 e. The first-order chi connectivity index (χ1) is 6.09. The summed E-state index contributed by atoms with van der Waals surface area (Å²) in [6, 6.07) is 0. The van der Waals surface area contributed by atoms with Crippen LogP contribution in [0.5, 0.6) is 0 Å². The Hall–Kier alpha value is -0.240. The molecular formula is C10H18ClNO. The van der Waals surface area contributed by atoms with Crippen molar-refractivity contribution in [3.63, 3.8) is 0 Å². The molecule has 1 rings (SSSR count). The SMILES string of the molecule is CC(C)CC1CCCN(C(=O)Cl)C1. The quantitative estimate of drug-likeness (QED) is 0.499. The lowest BCUT2D eigenvalue weighted by Crippen LogP contribution is -2.37. The Bertz CT molecular complexity index is 182. The Labute approximate surface area is 85.2 Å². The number of hydrogen-bond donors (Lipinski definition) is 0. The molecule has 0 radical (unpaired) electrons. The highest BCUT2D eigenvalue weighted by Crippen LogP contribution is 2.23. The van der Waals surface area contributed by atoms with Crippen molar-refractivity contribution in [1.29, 1.82) is 0 Å². The number of piperidine rings is 1. The molecule has 3 heteroatoms. The predicted octanol–water partition coefficient (Wildman–Crippen LogP) is 3.10. The zero-order valence-corrected chi connectivity index (χ0v) is 9.18. The van der Waals surface area contributed by atoms with E-state index in [0.717, 1.165) is 25.4 Å². The van der Waals surface area contributed by atoms with Crippen molar-refractivity contribution < 1.29 is 4.79 Å². The van der Waals surface area contributed by atoms with Gasteiger partial charge in [-0.3, -0.25) is 4.79 Å². The van der Waals surface area contributed by atoms with Crippen molar-refractivity contribution in [3.8, 4) is 0 Å². The lowest BCUT2D eigenvalue weighted by molar-refractivity contribution is 0.176. The van der Waals surface area contributed by atoms with Crippen LogP contribution in [0.1, 0.15) is 33.1 Å². The van der Waals surface area contributed by atoms with Crippen LogP contribution in [0, 0.1) is 11.8 Å². The van der Waals surface area contributed by atoms with Gasteiger partial charge in [0.05, 0.1) is 0 Å². The Kier molecular flexibility index (Phi) is 4.04. The summed E-state index contributed by atoms with van der Waals surface area (Å²) in [4.78, 5) is 12.7. The number of likely N-dealkylation sites (tertiary alicyclic amines) is 1. The van der Waals surface area contributed by atoms with E-state index < -0.39 is 0 Å². The molecule has 0 aromatic carbocycles. The third kappa shape index (κ3) is 3.55. The fourth-order valence-corrected chi connectivity index (χ4v) is 2.24. The number of amides is 1. The summed E-state index contributed by atoms with van der Waals surface area (Å²) in [6.45, 7) is 6.15. The molecule has 0 N–H and O–H groups in total. The maximum absolute atomic E-state index is 10.9. The normalized spacial score (nSPS) is 23.7. The first-order valence-electron chi connectivity index (χ1n) is 5.04. The lowest BCUT2D eigenvalue weighted by Gasteiger charge is -2.31. The van der Waals surface area contributed by atoms with E-state index in [1.54, 1.807) is 4.90 Å². The van der Waals surface area contributed by atoms with E-state index >= 15 is 0 Å². The van der Waals surface area contributed by atoms with Crippen LogP contribution < -0.4 is 0 Å². The molecule has 0 aromatic heterocycles. The number of rotatable bonds is 2. The molecule has 76 valence electrons. The molecule has 0 spiro atoms. The van der Waals surface area contributed by atoms with E-state index in [1.807, 2.05) is 0 Å². The average molecular weight is 204 g/mol. The van der Waals surface area contributed by atoms with Crippen LogP contribution in [0.2, 0.25) is 0 Å². The molecule has 1 amide bonds. The molecule has 2 nitrogen and oxygen atoms in total. The molecule has 1 atom stereocenters. The van der Waals surface area contributed by atoms with Gasteiger partial charge in [-0.2, -0.15) is 0 Å². The summed E-state index contributed by atoms with van der Waals surface area (Å²) in [5.41, 5.74) is 0. The number of hydrogen-bond acceptors (Lipinski definition) is 1. The Morgan fingerprint density at radius 2 is 2.31 bits per heavy atom. The summed E-state index contributed by atoms with van der Waals surface area (Å²) in [5.74, 6) is 1.38. The van der Waals surface area contributed by atoms with Crippen molar-refractivity contribution in [3.05, 3.63) is 0 Å². The molecule has 0 saturated carbocycles. The van der Waals surface area contributed by atoms with Crippen LogP contribution in [0.25, 0.3) is 0 Å². The van der Waals surface area contributed by atoms with Crippen molar-refractivity contribution in [2.75, 3.05) is 13.1 Å². The lowest BCUT2D eigenvalue weighted by atomic mass is 9.90. The first kappa shape index (κ1) is 10.8. The van der Waals surface area contributed by atoms with Crippen molar-refractivity contribution in [1.82, 2.24) is 4.90 Å². The summed E-state index contributed by atoms with van der Waals surface area (Å²) in [5, 5.41) is -0.284. The van der Waals surface area contributed by atoms with Gasteiger partial charge in [0.15, 0.2) is 0 Å². The molecule has 1 aliphatic rings. The highest BCUT2D eigenvalue weighted by molar-refractivity contribution is 6.62. The minimum absolute atomic E-state index is 0.284. The van der Waals surface area contributed by atoms with Gasteiger partial charge in [-0.15, -0.1) is 0 Å². The first-order valence-corrected chi connectivity index (χ1v) is 5.41. The Balaban J connectivity index is 2.37. The molecule has 0 aliphatic carbocycles. The van der Waals surface area contributed by atoms with Gasteiger partial charge in [-0.25, -0.2) is 0 Å². The third-order valence-corrected chi connectivity index (χ3v) is 2.81. The van der Waals surface area contributed by atoms with Crippen molar-refractivity contribution >= 4 is 17.0 Å². The minimum atomic E-state index is -0.284. The largest absolute Gasteiger partial charge is 0.329 e. The molecule has 1 saturated heterocycles. The van der Waals surface area contributed by atoms with Gasteiger partial charge in [0.1, 0.15) is 0 Å². The monoisotopic (exact) mass is 203 g/mol. The fourth-order valence-electron chi connectivity index (χ4n) is 2.08. The Morgan fingerprint density at radius 3 is 2.85 bits per heavy atom. The average Bonchev–Trinajstić information content (AvgIpc) is 2.03. The van der Waals surface area contributed by atoms with Crippen LogP contribution in [-0.2, 0) is 0 Å². The van der Waals surface area contributed by atoms with Crippen LogP contribution in [-0.4, -0.2) is 23.4 Å². The molecule has 1 heterocycles. The second-order valence-electron chi connectivity index (χ2n) is 4.34. The maximum atomic E-state index is 10.9. The third-order valence-electron chi connectivity index (χ3n) is 2.57. The van der Waals surface area contributed by atoms with Gasteiger partial charge in [-0.1, -0.05) is 13.8 Å². The summed E-state index contributed by atoms with van der Waals surface area (Å²) >= 11 is 5.45. The second kappa shape index (κ2) is 4.85. The van der Waals surface area contributed by atoms with Crippen molar-refractivity contribution in [2.24, 2.45) is 11.8 Å². The molecule has 0 bridgehead atoms. The van der Waals surface area contributed by atoms with E-state index in [1.165, 1.54) is 12.8 Å². The molecule has 1 fully saturated rings. The molecular weight excluding hydrogens is 186 g/mol. The zero-order chi connectivity index (χ0) is 9.84. The van der Waals surface area contributed by atoms with E-state index in [4.69, 9.17) is 11.6 Å². The molecule has 1 aliphatic heterocycles. The molecule has 0 aromatic rings.